The first-order valence-corrected chi connectivity index (χ1v) is 10.2. The fourth-order valence-corrected chi connectivity index (χ4v) is 3.67. The van der Waals surface area contributed by atoms with Gasteiger partial charge in [-0.3, -0.25) is 14.7 Å². The second kappa shape index (κ2) is 10.7. The first kappa shape index (κ1) is 23.2. The largest absolute Gasteiger partial charge is 0.467 e. The van der Waals surface area contributed by atoms with Gasteiger partial charge in [0, 0.05) is 42.9 Å². The maximum absolute atomic E-state index is 12.8. The number of alkyl halides is 2. The number of carboxylic acid groups (broad SMARTS) is 1. The summed E-state index contributed by atoms with van der Waals surface area (Å²) in [6.45, 7) is 0. The van der Waals surface area contributed by atoms with Gasteiger partial charge in [0.05, 0.1) is 25.2 Å². The van der Waals surface area contributed by atoms with Crippen LogP contribution in [0.1, 0.15) is 38.5 Å². The Balaban J connectivity index is 1.78. The monoisotopic (exact) mass is 450 g/mol. The van der Waals surface area contributed by atoms with E-state index in [4.69, 9.17) is 9.84 Å². The lowest BCUT2D eigenvalue weighted by molar-refractivity contribution is -0.120. The number of ether oxygens (including phenoxy) is 1. The molecule has 1 aliphatic rings. The lowest BCUT2D eigenvalue weighted by atomic mass is 9.90. The minimum absolute atomic E-state index is 0.203. The molecule has 2 aromatic heterocycles. The van der Waals surface area contributed by atoms with Crippen LogP contribution in [0.2, 0.25) is 0 Å². The van der Waals surface area contributed by atoms with Gasteiger partial charge in [0.2, 0.25) is 12.3 Å². The topological polar surface area (TPSA) is 130 Å². The average Bonchev–Trinajstić information content (AvgIpc) is 2.79. The third-order valence-electron chi connectivity index (χ3n) is 5.23. The Kier molecular flexibility index (Phi) is 7.79. The molecule has 0 bridgehead atoms. The zero-order valence-electron chi connectivity index (χ0n) is 17.4. The summed E-state index contributed by atoms with van der Waals surface area (Å²) in [5.41, 5.74) is 1.08. The van der Waals surface area contributed by atoms with E-state index in [9.17, 15) is 18.4 Å². The predicted molar refractivity (Wildman–Crippen MR) is 110 cm³/mol. The predicted octanol–water partition coefficient (Wildman–Crippen LogP) is 2.90. The second-order valence-electron chi connectivity index (χ2n) is 7.37. The van der Waals surface area contributed by atoms with Crippen LogP contribution in [0.15, 0.2) is 24.8 Å². The molecule has 0 saturated heterocycles. The quantitative estimate of drug-likeness (QED) is 0.628. The molecule has 32 heavy (non-hydrogen) atoms. The molecule has 0 radical (unpaired) electrons. The highest BCUT2D eigenvalue weighted by Gasteiger charge is 2.31. The number of aromatic nitrogens is 4. The van der Waals surface area contributed by atoms with Crippen molar-refractivity contribution in [1.82, 2.24) is 25.3 Å². The molecule has 10 nitrogen and oxygen atoms in total. The van der Waals surface area contributed by atoms with Crippen molar-refractivity contribution in [3.05, 3.63) is 24.8 Å². The molecule has 0 unspecified atom stereocenters. The van der Waals surface area contributed by atoms with Crippen molar-refractivity contribution in [2.75, 3.05) is 12.0 Å². The SMILES string of the molecule is COc1ncc(-c2cnc(N(C(=O)CCC(F)F)C3CCC(NC(=O)O)CC3)cn2)cn1. The fourth-order valence-electron chi connectivity index (χ4n) is 3.67. The number of carbonyl (C=O) groups excluding carboxylic acids is 1. The molecule has 0 atom stereocenters. The van der Waals surface area contributed by atoms with E-state index in [1.165, 1.54) is 36.8 Å². The van der Waals surface area contributed by atoms with Crippen molar-refractivity contribution in [3.63, 3.8) is 0 Å². The minimum atomic E-state index is -2.58. The first-order valence-electron chi connectivity index (χ1n) is 10.2. The van der Waals surface area contributed by atoms with Gasteiger partial charge < -0.3 is 15.2 Å². The molecule has 172 valence electrons. The van der Waals surface area contributed by atoms with Crippen molar-refractivity contribution in [2.24, 2.45) is 0 Å². The lowest BCUT2D eigenvalue weighted by Crippen LogP contribution is -2.46. The maximum atomic E-state index is 12.8. The summed E-state index contributed by atoms with van der Waals surface area (Å²) < 4.78 is 30.3. The molecule has 2 heterocycles. The van der Waals surface area contributed by atoms with Crippen molar-refractivity contribution in [3.8, 4) is 17.3 Å². The highest BCUT2D eigenvalue weighted by Crippen LogP contribution is 2.28. The Morgan fingerprint density at radius 3 is 2.34 bits per heavy atom. The molecule has 0 spiro atoms. The second-order valence-corrected chi connectivity index (χ2v) is 7.37. The summed E-state index contributed by atoms with van der Waals surface area (Å²) in [5.74, 6) is -0.202. The van der Waals surface area contributed by atoms with Crippen LogP contribution in [-0.2, 0) is 4.79 Å². The molecular formula is C20H24F2N6O4. The molecule has 3 rings (SSSR count). The molecule has 0 aliphatic heterocycles. The number of hydrogen-bond acceptors (Lipinski definition) is 7. The van der Waals surface area contributed by atoms with Gasteiger partial charge in [-0.25, -0.2) is 28.5 Å². The third-order valence-corrected chi connectivity index (χ3v) is 5.23. The van der Waals surface area contributed by atoms with Gasteiger partial charge >= 0.3 is 12.1 Å². The first-order chi connectivity index (χ1) is 15.4. The summed E-state index contributed by atoms with van der Waals surface area (Å²) in [4.78, 5) is 41.8. The Morgan fingerprint density at radius 2 is 1.81 bits per heavy atom. The maximum Gasteiger partial charge on any atom is 0.404 e. The fraction of sp³-hybridized carbons (Fsp3) is 0.500. The number of methoxy groups -OCH3 is 1. The molecule has 12 heteroatoms. The van der Waals surface area contributed by atoms with Crippen LogP contribution >= 0.6 is 0 Å². The zero-order chi connectivity index (χ0) is 23.1. The molecule has 2 amide bonds. The van der Waals surface area contributed by atoms with Crippen LogP contribution in [-0.4, -0.2) is 62.7 Å². The van der Waals surface area contributed by atoms with Crippen LogP contribution in [0.5, 0.6) is 6.01 Å². The summed E-state index contributed by atoms with van der Waals surface area (Å²) in [6.07, 6.45) is 3.49. The van der Waals surface area contributed by atoms with Crippen LogP contribution in [0.4, 0.5) is 19.4 Å². The molecule has 2 aromatic rings. The van der Waals surface area contributed by atoms with Gasteiger partial charge in [0.15, 0.2) is 5.82 Å². The molecule has 1 fully saturated rings. The van der Waals surface area contributed by atoms with Crippen LogP contribution in [0.25, 0.3) is 11.3 Å². The average molecular weight is 450 g/mol. The lowest BCUT2D eigenvalue weighted by Gasteiger charge is -2.36. The Labute approximate surface area is 183 Å². The van der Waals surface area contributed by atoms with Gasteiger partial charge in [-0.1, -0.05) is 0 Å². The highest BCUT2D eigenvalue weighted by atomic mass is 19.3. The molecule has 0 aromatic carbocycles. The van der Waals surface area contributed by atoms with Crippen molar-refractivity contribution < 1.29 is 28.2 Å². The zero-order valence-corrected chi connectivity index (χ0v) is 17.4. The van der Waals surface area contributed by atoms with Gasteiger partial charge in [0.25, 0.3) is 0 Å². The van der Waals surface area contributed by atoms with Crippen molar-refractivity contribution >= 4 is 17.8 Å². The van der Waals surface area contributed by atoms with Gasteiger partial charge in [-0.2, -0.15) is 0 Å². The minimum Gasteiger partial charge on any atom is -0.467 e. The smallest absolute Gasteiger partial charge is 0.404 e. The van der Waals surface area contributed by atoms with Crippen LogP contribution < -0.4 is 15.0 Å². The normalized spacial score (nSPS) is 18.2. The van der Waals surface area contributed by atoms with Crippen molar-refractivity contribution in [2.45, 2.75) is 57.0 Å². The molecule has 1 aliphatic carbocycles. The van der Waals surface area contributed by atoms with Gasteiger partial charge in [-0.05, 0) is 25.7 Å². The van der Waals surface area contributed by atoms with Crippen LogP contribution in [0.3, 0.4) is 0 Å². The molecular weight excluding hydrogens is 426 g/mol. The number of anilines is 1. The van der Waals surface area contributed by atoms with E-state index in [1.807, 2.05) is 0 Å². The van der Waals surface area contributed by atoms with Crippen LogP contribution in [0, 0.1) is 0 Å². The standard InChI is InChI=1S/C20H24F2N6O4/c1-32-19-25-8-12(9-26-19)15-10-24-17(11-23-15)28(18(29)7-6-16(21)22)14-4-2-13(3-5-14)27-20(30)31/h8-11,13-14,16,27H,2-7H2,1H3,(H,30,31). The molecule has 2 N–H and O–H groups in total. The third kappa shape index (κ3) is 6.05. The van der Waals surface area contributed by atoms with E-state index < -0.39 is 24.8 Å². The summed E-state index contributed by atoms with van der Waals surface area (Å²) in [7, 11) is 1.45. The number of nitrogens with zero attached hydrogens (tertiary/aromatic N) is 5. The number of hydrogen-bond donors (Lipinski definition) is 2. The number of halogens is 2. The van der Waals surface area contributed by atoms with E-state index in [2.05, 4.69) is 25.3 Å². The summed E-state index contributed by atoms with van der Waals surface area (Å²) in [6, 6.07) is -0.274. The molecule has 1 saturated carbocycles. The number of amides is 2. The Morgan fingerprint density at radius 1 is 1.12 bits per heavy atom. The Hall–Kier alpha value is -3.44. The number of carbonyl (C=O) groups is 2. The van der Waals surface area contributed by atoms with E-state index in [-0.39, 0.29) is 30.3 Å². The number of nitrogens with one attached hydrogen (secondary N) is 1. The Bertz CT molecular complexity index is 905. The van der Waals surface area contributed by atoms with Gasteiger partial charge in [-0.15, -0.1) is 0 Å². The van der Waals surface area contributed by atoms with E-state index in [0.29, 0.717) is 36.9 Å². The van der Waals surface area contributed by atoms with E-state index >= 15 is 0 Å². The summed E-state index contributed by atoms with van der Waals surface area (Å²) in [5, 5.41) is 11.3. The number of rotatable bonds is 8. The van der Waals surface area contributed by atoms with Crippen molar-refractivity contribution in [1.29, 1.82) is 0 Å². The van der Waals surface area contributed by atoms with Gasteiger partial charge in [0.1, 0.15) is 0 Å². The summed E-state index contributed by atoms with van der Waals surface area (Å²) >= 11 is 0. The van der Waals surface area contributed by atoms with E-state index in [1.54, 1.807) is 0 Å². The highest BCUT2D eigenvalue weighted by molar-refractivity contribution is 5.93. The van der Waals surface area contributed by atoms with E-state index in [0.717, 1.165) is 0 Å².